The summed E-state index contributed by atoms with van der Waals surface area (Å²) in [6, 6.07) is 17.7. The van der Waals surface area contributed by atoms with E-state index in [2.05, 4.69) is 26.7 Å². The van der Waals surface area contributed by atoms with Crippen LogP contribution in [-0.2, 0) is 10.0 Å². The molecule has 2 unspecified atom stereocenters. The van der Waals surface area contributed by atoms with E-state index in [4.69, 9.17) is 28.3 Å². The quantitative estimate of drug-likeness (QED) is 0.226. The summed E-state index contributed by atoms with van der Waals surface area (Å²) >= 11 is 12.2. The van der Waals surface area contributed by atoms with Gasteiger partial charge in [-0.1, -0.05) is 77.8 Å². The molecule has 0 amide bonds. The van der Waals surface area contributed by atoms with Gasteiger partial charge in [-0.15, -0.1) is 4.40 Å². The number of unbranched alkanes of at least 4 members (excludes halogenated alkanes) is 1. The lowest BCUT2D eigenvalue weighted by atomic mass is 9.91. The molecule has 0 aromatic heterocycles. The predicted molar refractivity (Wildman–Crippen MR) is 165 cm³/mol. The number of hydrogen-bond donors (Lipinski definition) is 1. The van der Waals surface area contributed by atoms with Crippen LogP contribution in [0.5, 0.6) is 0 Å². The van der Waals surface area contributed by atoms with Crippen molar-refractivity contribution in [3.8, 4) is 0 Å². The topological polar surface area (TPSA) is 77.4 Å². The average Bonchev–Trinajstić information content (AvgIpc) is 3.64. The SMILES string of the molecule is O=S(=O)(/N=C(/NCCCCN1CCCC1)N1CC(c2ccccc2)C(c2ccc(Cl)cc2)=N1)C1C=CC(Cl)=CC1. The Morgan fingerprint density at radius 2 is 1.77 bits per heavy atom. The molecule has 1 fully saturated rings. The number of nitrogens with one attached hydrogen (secondary N) is 1. The van der Waals surface area contributed by atoms with Gasteiger partial charge < -0.3 is 10.2 Å². The lowest BCUT2D eigenvalue weighted by Gasteiger charge is -2.21. The van der Waals surface area contributed by atoms with Crippen LogP contribution in [0.15, 0.2) is 87.4 Å². The van der Waals surface area contributed by atoms with Gasteiger partial charge in [0.15, 0.2) is 0 Å². The van der Waals surface area contributed by atoms with Gasteiger partial charge in [0, 0.05) is 22.5 Å². The maximum atomic E-state index is 13.4. The van der Waals surface area contributed by atoms with E-state index in [1.807, 2.05) is 42.5 Å². The molecule has 40 heavy (non-hydrogen) atoms. The van der Waals surface area contributed by atoms with Crippen LogP contribution >= 0.6 is 23.2 Å². The van der Waals surface area contributed by atoms with E-state index < -0.39 is 15.3 Å². The molecule has 3 aliphatic rings. The third-order valence-corrected chi connectivity index (χ3v) is 9.57. The Balaban J connectivity index is 1.41. The normalized spacial score (nSPS) is 21.9. The third kappa shape index (κ3) is 7.35. The first-order chi connectivity index (χ1) is 19.4. The van der Waals surface area contributed by atoms with Crippen molar-refractivity contribution in [2.75, 3.05) is 32.7 Å². The van der Waals surface area contributed by atoms with E-state index in [1.165, 1.54) is 25.9 Å². The summed E-state index contributed by atoms with van der Waals surface area (Å²) in [6.45, 7) is 4.46. The Hall–Kier alpha value is -2.65. The zero-order chi connectivity index (χ0) is 28.0. The molecule has 0 saturated carbocycles. The lowest BCUT2D eigenvalue weighted by Crippen LogP contribution is -2.40. The monoisotopic (exact) mass is 599 g/mol. The highest BCUT2D eigenvalue weighted by Gasteiger charge is 2.33. The molecule has 0 bridgehead atoms. The molecule has 5 rings (SSSR count). The molecule has 2 aromatic rings. The summed E-state index contributed by atoms with van der Waals surface area (Å²) in [5.41, 5.74) is 2.88. The van der Waals surface area contributed by atoms with Crippen molar-refractivity contribution in [3.05, 3.63) is 94.0 Å². The number of benzene rings is 2. The van der Waals surface area contributed by atoms with E-state index in [9.17, 15) is 8.42 Å². The number of rotatable bonds is 9. The van der Waals surface area contributed by atoms with E-state index in [-0.39, 0.29) is 18.3 Å². The summed E-state index contributed by atoms with van der Waals surface area (Å²) in [5, 5.41) is 10.4. The van der Waals surface area contributed by atoms with Crippen molar-refractivity contribution in [2.24, 2.45) is 9.50 Å². The molecule has 2 aromatic carbocycles. The number of hydrogen-bond acceptors (Lipinski definition) is 4. The van der Waals surface area contributed by atoms with Crippen molar-refractivity contribution >= 4 is 44.9 Å². The van der Waals surface area contributed by atoms with Crippen LogP contribution in [0.4, 0.5) is 0 Å². The van der Waals surface area contributed by atoms with Crippen LogP contribution in [0.25, 0.3) is 0 Å². The van der Waals surface area contributed by atoms with E-state index >= 15 is 0 Å². The Labute approximate surface area is 247 Å². The van der Waals surface area contributed by atoms with Gasteiger partial charge in [-0.25, -0.2) is 13.4 Å². The molecule has 0 radical (unpaired) electrons. The van der Waals surface area contributed by atoms with Gasteiger partial charge in [0.2, 0.25) is 5.96 Å². The van der Waals surface area contributed by atoms with Crippen LogP contribution < -0.4 is 5.32 Å². The number of likely N-dealkylation sites (tertiary alicyclic amines) is 1. The second kappa shape index (κ2) is 13.3. The number of hydrazone groups is 1. The zero-order valence-electron chi connectivity index (χ0n) is 22.4. The number of halogens is 2. The van der Waals surface area contributed by atoms with Gasteiger partial charge in [-0.3, -0.25) is 0 Å². The Bertz CT molecular complexity index is 1380. The molecule has 0 spiro atoms. The second-order valence-corrected chi connectivity index (χ2v) is 13.1. The number of sulfonamides is 1. The first-order valence-electron chi connectivity index (χ1n) is 13.9. The predicted octanol–water partition coefficient (Wildman–Crippen LogP) is 5.75. The number of guanidine groups is 1. The van der Waals surface area contributed by atoms with Crippen molar-refractivity contribution in [3.63, 3.8) is 0 Å². The van der Waals surface area contributed by atoms with Crippen LogP contribution in [0.3, 0.4) is 0 Å². The third-order valence-electron chi connectivity index (χ3n) is 7.49. The smallest absolute Gasteiger partial charge is 0.263 e. The van der Waals surface area contributed by atoms with E-state index in [0.717, 1.165) is 36.2 Å². The van der Waals surface area contributed by atoms with Gasteiger partial charge in [-0.2, -0.15) is 5.10 Å². The van der Waals surface area contributed by atoms with Crippen molar-refractivity contribution in [2.45, 2.75) is 43.3 Å². The maximum Gasteiger partial charge on any atom is 0.263 e. The van der Waals surface area contributed by atoms with Crippen LogP contribution in [0.1, 0.15) is 49.1 Å². The molecule has 2 aliphatic heterocycles. The van der Waals surface area contributed by atoms with Gasteiger partial charge in [0.1, 0.15) is 5.25 Å². The molecular weight excluding hydrogens is 565 g/mol. The Morgan fingerprint density at radius 1 is 1.02 bits per heavy atom. The Kier molecular flexibility index (Phi) is 9.63. The molecule has 2 heterocycles. The molecule has 2 atom stereocenters. The number of allylic oxidation sites excluding steroid dienone is 3. The summed E-state index contributed by atoms with van der Waals surface area (Å²) in [4.78, 5) is 2.49. The van der Waals surface area contributed by atoms with Gasteiger partial charge in [0.05, 0.1) is 12.3 Å². The van der Waals surface area contributed by atoms with Crippen LogP contribution in [0.2, 0.25) is 5.02 Å². The molecule has 10 heteroatoms. The first kappa shape index (κ1) is 28.9. The fraction of sp³-hybridized carbons (Fsp3) is 0.400. The molecular formula is C30H35Cl2N5O2S. The minimum absolute atomic E-state index is 0.0661. The summed E-state index contributed by atoms with van der Waals surface area (Å²) in [6.07, 6.45) is 9.71. The average molecular weight is 601 g/mol. The molecule has 1 saturated heterocycles. The molecule has 212 valence electrons. The first-order valence-corrected chi connectivity index (χ1v) is 16.2. The standard InChI is InChI=1S/C30H35Cl2N5O2S/c31-25-12-10-24(11-13-25)29-28(23-8-2-1-3-9-23)22-37(34-29)30(33-18-4-5-19-36-20-6-7-21-36)35-40(38,39)27-16-14-26(32)15-17-27/h1-3,8-16,27-28H,4-7,17-22H2,(H,33,35). The molecule has 7 nitrogen and oxygen atoms in total. The van der Waals surface area contributed by atoms with Crippen molar-refractivity contribution < 1.29 is 8.42 Å². The maximum absolute atomic E-state index is 13.4. The number of nitrogens with zero attached hydrogens (tertiary/aromatic N) is 4. The van der Waals surface area contributed by atoms with Gasteiger partial charge in [0.25, 0.3) is 10.0 Å². The largest absolute Gasteiger partial charge is 0.354 e. The minimum atomic E-state index is -3.87. The van der Waals surface area contributed by atoms with Crippen LogP contribution in [-0.4, -0.2) is 68.0 Å². The highest BCUT2D eigenvalue weighted by molar-refractivity contribution is 7.91. The Morgan fingerprint density at radius 3 is 2.48 bits per heavy atom. The highest BCUT2D eigenvalue weighted by atomic mass is 35.5. The van der Waals surface area contributed by atoms with Gasteiger partial charge in [-0.05, 0) is 81.1 Å². The fourth-order valence-electron chi connectivity index (χ4n) is 5.28. The molecule has 1 N–H and O–H groups in total. The summed E-state index contributed by atoms with van der Waals surface area (Å²) < 4.78 is 31.2. The highest BCUT2D eigenvalue weighted by Crippen LogP contribution is 2.30. The zero-order valence-corrected chi connectivity index (χ0v) is 24.8. The van der Waals surface area contributed by atoms with Crippen molar-refractivity contribution in [1.29, 1.82) is 0 Å². The van der Waals surface area contributed by atoms with Crippen LogP contribution in [0, 0.1) is 0 Å². The van der Waals surface area contributed by atoms with E-state index in [0.29, 0.717) is 23.1 Å². The molecule has 1 aliphatic carbocycles. The van der Waals surface area contributed by atoms with E-state index in [1.54, 1.807) is 23.2 Å². The second-order valence-electron chi connectivity index (χ2n) is 10.4. The lowest BCUT2D eigenvalue weighted by molar-refractivity contribution is 0.329. The fourth-order valence-corrected chi connectivity index (χ4v) is 6.72. The summed E-state index contributed by atoms with van der Waals surface area (Å²) in [5.74, 6) is 0.184. The van der Waals surface area contributed by atoms with Crippen molar-refractivity contribution in [1.82, 2.24) is 15.2 Å². The summed E-state index contributed by atoms with van der Waals surface area (Å²) in [7, 11) is -3.87. The van der Waals surface area contributed by atoms with Gasteiger partial charge >= 0.3 is 0 Å². The minimum Gasteiger partial charge on any atom is -0.354 e.